The smallest absolute Gasteiger partial charge is 0.303 e. The highest BCUT2D eigenvalue weighted by molar-refractivity contribution is 6.31. The predicted octanol–water partition coefficient (Wildman–Crippen LogP) is 3.29. The molecule has 0 bridgehead atoms. The number of benzene rings is 1. The van der Waals surface area contributed by atoms with Crippen LogP contribution in [0.2, 0.25) is 5.02 Å². The van der Waals surface area contributed by atoms with E-state index in [0.717, 1.165) is 0 Å². The molecule has 0 radical (unpaired) electrons. The fourth-order valence-corrected chi connectivity index (χ4v) is 1.56. The van der Waals surface area contributed by atoms with E-state index in [1.165, 1.54) is 18.2 Å². The molecular formula is C10H9ClF2O2. The van der Waals surface area contributed by atoms with Gasteiger partial charge in [0, 0.05) is 17.0 Å². The summed E-state index contributed by atoms with van der Waals surface area (Å²) >= 11 is 5.61. The van der Waals surface area contributed by atoms with Gasteiger partial charge in [-0.2, -0.15) is 0 Å². The van der Waals surface area contributed by atoms with Crippen molar-refractivity contribution >= 4 is 17.6 Å². The molecule has 1 rings (SSSR count). The first-order valence-corrected chi connectivity index (χ1v) is 4.67. The van der Waals surface area contributed by atoms with E-state index in [4.69, 9.17) is 16.7 Å². The highest BCUT2D eigenvalue weighted by Crippen LogP contribution is 2.30. The molecule has 0 heterocycles. The van der Waals surface area contributed by atoms with E-state index in [1.54, 1.807) is 0 Å². The van der Waals surface area contributed by atoms with Crippen LogP contribution in [-0.4, -0.2) is 11.1 Å². The zero-order chi connectivity index (χ0) is 11.4. The van der Waals surface area contributed by atoms with E-state index in [2.05, 4.69) is 0 Å². The molecular weight excluding hydrogens is 226 g/mol. The molecule has 0 spiro atoms. The largest absolute Gasteiger partial charge is 0.481 e. The van der Waals surface area contributed by atoms with Gasteiger partial charge in [0.25, 0.3) is 6.43 Å². The van der Waals surface area contributed by atoms with Crippen LogP contribution in [0, 0.1) is 0 Å². The Labute approximate surface area is 90.5 Å². The summed E-state index contributed by atoms with van der Waals surface area (Å²) in [7, 11) is 0. The summed E-state index contributed by atoms with van der Waals surface area (Å²) in [5, 5.41) is 8.43. The van der Waals surface area contributed by atoms with Crippen LogP contribution in [0.25, 0.3) is 0 Å². The lowest BCUT2D eigenvalue weighted by Crippen LogP contribution is -2.01. The van der Waals surface area contributed by atoms with Gasteiger partial charge in [0.15, 0.2) is 0 Å². The Morgan fingerprint density at radius 2 is 2.13 bits per heavy atom. The summed E-state index contributed by atoms with van der Waals surface area (Å²) in [4.78, 5) is 10.3. The van der Waals surface area contributed by atoms with E-state index in [9.17, 15) is 13.6 Å². The van der Waals surface area contributed by atoms with E-state index in [0.29, 0.717) is 5.56 Å². The van der Waals surface area contributed by atoms with Crippen molar-refractivity contribution < 1.29 is 18.7 Å². The fourth-order valence-electron chi connectivity index (χ4n) is 1.29. The number of carbonyl (C=O) groups is 1. The zero-order valence-electron chi connectivity index (χ0n) is 7.71. The summed E-state index contributed by atoms with van der Waals surface area (Å²) in [5.41, 5.74) is 0.0281. The van der Waals surface area contributed by atoms with Crippen LogP contribution in [0.3, 0.4) is 0 Å². The molecule has 0 amide bonds. The standard InChI is InChI=1S/C10H9ClF2O2/c11-7-3-1-2-6(4-5-8(14)15)9(7)10(12)13/h1-3,10H,4-5H2,(H,14,15). The van der Waals surface area contributed by atoms with E-state index in [-0.39, 0.29) is 23.4 Å². The molecule has 82 valence electrons. The van der Waals surface area contributed by atoms with Crippen LogP contribution in [0.15, 0.2) is 18.2 Å². The maximum Gasteiger partial charge on any atom is 0.303 e. The average molecular weight is 235 g/mol. The molecule has 1 aromatic carbocycles. The Kier molecular flexibility index (Phi) is 4.03. The van der Waals surface area contributed by atoms with Gasteiger partial charge in [-0.25, -0.2) is 8.78 Å². The highest BCUT2D eigenvalue weighted by atomic mass is 35.5. The van der Waals surface area contributed by atoms with Gasteiger partial charge in [-0.1, -0.05) is 23.7 Å². The van der Waals surface area contributed by atoms with Gasteiger partial charge in [0.1, 0.15) is 0 Å². The van der Waals surface area contributed by atoms with Crippen molar-refractivity contribution in [3.05, 3.63) is 34.3 Å². The quantitative estimate of drug-likeness (QED) is 0.868. The summed E-state index contributed by atoms with van der Waals surface area (Å²) in [5.74, 6) is -1.02. The van der Waals surface area contributed by atoms with Crippen molar-refractivity contribution in [1.82, 2.24) is 0 Å². The maximum atomic E-state index is 12.6. The number of hydrogen-bond donors (Lipinski definition) is 1. The summed E-state index contributed by atoms with van der Waals surface area (Å²) < 4.78 is 25.2. The number of carboxylic acids is 1. The third-order valence-corrected chi connectivity index (χ3v) is 2.30. The van der Waals surface area contributed by atoms with Crippen molar-refractivity contribution in [2.24, 2.45) is 0 Å². The molecule has 0 saturated carbocycles. The summed E-state index contributed by atoms with van der Waals surface area (Å²) in [6, 6.07) is 4.37. The Hall–Kier alpha value is -1.16. The predicted molar refractivity (Wildman–Crippen MR) is 52.4 cm³/mol. The highest BCUT2D eigenvalue weighted by Gasteiger charge is 2.16. The number of aliphatic carboxylic acids is 1. The second kappa shape index (κ2) is 5.07. The molecule has 2 nitrogen and oxygen atoms in total. The van der Waals surface area contributed by atoms with E-state index < -0.39 is 12.4 Å². The minimum Gasteiger partial charge on any atom is -0.481 e. The van der Waals surface area contributed by atoms with E-state index in [1.807, 2.05) is 0 Å². The Morgan fingerprint density at radius 1 is 1.47 bits per heavy atom. The van der Waals surface area contributed by atoms with Crippen LogP contribution in [0.5, 0.6) is 0 Å². The van der Waals surface area contributed by atoms with Gasteiger partial charge in [-0.3, -0.25) is 4.79 Å². The molecule has 0 aliphatic carbocycles. The number of alkyl halides is 2. The van der Waals surface area contributed by atoms with Gasteiger partial charge < -0.3 is 5.11 Å². The third-order valence-electron chi connectivity index (χ3n) is 1.97. The van der Waals surface area contributed by atoms with Crippen molar-refractivity contribution in [3.8, 4) is 0 Å². The minimum absolute atomic E-state index is 0.0205. The number of halogens is 3. The van der Waals surface area contributed by atoms with Gasteiger partial charge in [-0.05, 0) is 18.1 Å². The SMILES string of the molecule is O=C(O)CCc1cccc(Cl)c1C(F)F. The Morgan fingerprint density at radius 3 is 2.67 bits per heavy atom. The van der Waals surface area contributed by atoms with Gasteiger partial charge in [0.2, 0.25) is 0 Å². The number of carboxylic acid groups (broad SMARTS) is 1. The fraction of sp³-hybridized carbons (Fsp3) is 0.300. The number of aryl methyl sites for hydroxylation is 1. The molecule has 1 N–H and O–H groups in total. The first-order chi connectivity index (χ1) is 7.02. The van der Waals surface area contributed by atoms with Gasteiger partial charge >= 0.3 is 5.97 Å². The summed E-state index contributed by atoms with van der Waals surface area (Å²) in [6.45, 7) is 0. The molecule has 0 aliphatic heterocycles. The lowest BCUT2D eigenvalue weighted by atomic mass is 10.0. The lowest BCUT2D eigenvalue weighted by Gasteiger charge is -2.09. The van der Waals surface area contributed by atoms with Crippen LogP contribution < -0.4 is 0 Å². The van der Waals surface area contributed by atoms with Crippen LogP contribution in [0.1, 0.15) is 24.0 Å². The Bertz CT molecular complexity index is 366. The minimum atomic E-state index is -2.68. The van der Waals surface area contributed by atoms with Crippen molar-refractivity contribution in [2.45, 2.75) is 19.3 Å². The Balaban J connectivity index is 2.95. The molecule has 5 heteroatoms. The van der Waals surface area contributed by atoms with E-state index >= 15 is 0 Å². The molecule has 15 heavy (non-hydrogen) atoms. The molecule has 1 aromatic rings. The summed E-state index contributed by atoms with van der Waals surface area (Å²) in [6.07, 6.45) is -2.79. The van der Waals surface area contributed by atoms with Crippen molar-refractivity contribution in [3.63, 3.8) is 0 Å². The van der Waals surface area contributed by atoms with Gasteiger partial charge in [-0.15, -0.1) is 0 Å². The second-order valence-corrected chi connectivity index (χ2v) is 3.41. The molecule has 0 aliphatic rings. The molecule has 0 atom stereocenters. The second-order valence-electron chi connectivity index (χ2n) is 3.01. The third kappa shape index (κ3) is 3.16. The topological polar surface area (TPSA) is 37.3 Å². The monoisotopic (exact) mass is 234 g/mol. The van der Waals surface area contributed by atoms with Crippen LogP contribution in [0.4, 0.5) is 8.78 Å². The maximum absolute atomic E-state index is 12.6. The molecule has 0 fully saturated rings. The lowest BCUT2D eigenvalue weighted by molar-refractivity contribution is -0.136. The van der Waals surface area contributed by atoms with Crippen LogP contribution in [-0.2, 0) is 11.2 Å². The normalized spacial score (nSPS) is 10.7. The molecule has 0 aromatic heterocycles. The molecule has 0 saturated heterocycles. The van der Waals surface area contributed by atoms with Gasteiger partial charge in [0.05, 0.1) is 0 Å². The number of hydrogen-bond acceptors (Lipinski definition) is 1. The van der Waals surface area contributed by atoms with Crippen LogP contribution >= 0.6 is 11.6 Å². The molecule has 0 unspecified atom stereocenters. The number of rotatable bonds is 4. The van der Waals surface area contributed by atoms with Crippen molar-refractivity contribution in [1.29, 1.82) is 0 Å². The zero-order valence-corrected chi connectivity index (χ0v) is 8.47. The first-order valence-electron chi connectivity index (χ1n) is 4.29. The average Bonchev–Trinajstić information content (AvgIpc) is 2.13. The first kappa shape index (κ1) is 11.9. The van der Waals surface area contributed by atoms with Crippen molar-refractivity contribution in [2.75, 3.05) is 0 Å².